The molecule has 1 aromatic carbocycles. The molecule has 0 aromatic heterocycles. The highest BCUT2D eigenvalue weighted by atomic mass is 16.6. The molecule has 2 rings (SSSR count). The molecule has 0 aliphatic carbocycles. The Morgan fingerprint density at radius 3 is 2.46 bits per heavy atom. The summed E-state index contributed by atoms with van der Waals surface area (Å²) in [6, 6.07) is 9.48. The van der Waals surface area contributed by atoms with Gasteiger partial charge in [-0.25, -0.2) is 9.59 Å². The van der Waals surface area contributed by atoms with Gasteiger partial charge in [-0.1, -0.05) is 12.1 Å². The van der Waals surface area contributed by atoms with Gasteiger partial charge in [-0.2, -0.15) is 5.26 Å². The zero-order chi connectivity index (χ0) is 20.7. The van der Waals surface area contributed by atoms with Crippen LogP contribution in [0.15, 0.2) is 29.8 Å². The van der Waals surface area contributed by atoms with Crippen LogP contribution in [-0.4, -0.2) is 55.3 Å². The fourth-order valence-electron chi connectivity index (χ4n) is 2.80. The van der Waals surface area contributed by atoms with E-state index in [1.165, 1.54) is 6.08 Å². The molecule has 1 amide bonds. The second-order valence-electron chi connectivity index (χ2n) is 7.44. The summed E-state index contributed by atoms with van der Waals surface area (Å²) in [6.45, 7) is 9.97. The van der Waals surface area contributed by atoms with Crippen LogP contribution in [0.2, 0.25) is 0 Å². The molecule has 1 aliphatic rings. The first-order valence-corrected chi connectivity index (χ1v) is 9.35. The molecule has 1 fully saturated rings. The van der Waals surface area contributed by atoms with Gasteiger partial charge in [0.15, 0.2) is 0 Å². The van der Waals surface area contributed by atoms with Crippen LogP contribution < -0.4 is 4.90 Å². The molecule has 7 nitrogen and oxygen atoms in total. The Hall–Kier alpha value is -3.01. The Labute approximate surface area is 166 Å². The maximum Gasteiger partial charge on any atom is 0.410 e. The number of hydrogen-bond donors (Lipinski definition) is 0. The van der Waals surface area contributed by atoms with Crippen molar-refractivity contribution in [2.75, 3.05) is 37.7 Å². The first-order valence-electron chi connectivity index (χ1n) is 9.35. The van der Waals surface area contributed by atoms with Gasteiger partial charge in [0.2, 0.25) is 0 Å². The molecule has 0 spiro atoms. The molecule has 1 aliphatic heterocycles. The number of nitrogens with zero attached hydrogens (tertiary/aromatic N) is 3. The lowest BCUT2D eigenvalue weighted by Gasteiger charge is -2.36. The number of carbonyl (C=O) groups excluding carboxylic acids is 2. The maximum absolute atomic E-state index is 12.2. The minimum absolute atomic E-state index is 0.0336. The first-order chi connectivity index (χ1) is 13.2. The quantitative estimate of drug-likeness (QED) is 0.450. The number of piperazine rings is 1. The van der Waals surface area contributed by atoms with Gasteiger partial charge in [-0.15, -0.1) is 0 Å². The van der Waals surface area contributed by atoms with E-state index >= 15 is 0 Å². The summed E-state index contributed by atoms with van der Waals surface area (Å²) in [4.78, 5) is 27.8. The number of carbonyl (C=O) groups is 2. The summed E-state index contributed by atoms with van der Waals surface area (Å²) < 4.78 is 10.3. The van der Waals surface area contributed by atoms with Crippen molar-refractivity contribution in [3.63, 3.8) is 0 Å². The zero-order valence-electron chi connectivity index (χ0n) is 16.9. The second kappa shape index (κ2) is 9.27. The fraction of sp³-hybridized carbons (Fsp3) is 0.476. The molecule has 0 bridgehead atoms. The molecular weight excluding hydrogens is 358 g/mol. The van der Waals surface area contributed by atoms with E-state index < -0.39 is 11.6 Å². The Morgan fingerprint density at radius 2 is 1.89 bits per heavy atom. The molecule has 150 valence electrons. The van der Waals surface area contributed by atoms with Crippen molar-refractivity contribution in [1.29, 1.82) is 5.26 Å². The molecule has 0 saturated carbocycles. The number of anilines is 1. The Balaban J connectivity index is 2.05. The maximum atomic E-state index is 12.2. The van der Waals surface area contributed by atoms with Gasteiger partial charge in [0.1, 0.15) is 17.2 Å². The largest absolute Gasteiger partial charge is 0.462 e. The highest BCUT2D eigenvalue weighted by Gasteiger charge is 2.26. The first kappa shape index (κ1) is 21.3. The molecule has 0 unspecified atom stereocenters. The molecule has 28 heavy (non-hydrogen) atoms. The number of amides is 1. The van der Waals surface area contributed by atoms with E-state index in [1.807, 2.05) is 51.1 Å². The third kappa shape index (κ3) is 6.02. The summed E-state index contributed by atoms with van der Waals surface area (Å²) >= 11 is 0. The van der Waals surface area contributed by atoms with Gasteiger partial charge in [-0.3, -0.25) is 0 Å². The van der Waals surface area contributed by atoms with Gasteiger partial charge in [-0.05, 0) is 51.5 Å². The van der Waals surface area contributed by atoms with Gasteiger partial charge < -0.3 is 19.3 Å². The molecular formula is C21H27N3O4. The third-order valence-electron chi connectivity index (χ3n) is 4.09. The number of nitriles is 1. The van der Waals surface area contributed by atoms with Crippen molar-refractivity contribution in [3.05, 3.63) is 35.4 Å². The van der Waals surface area contributed by atoms with Crippen LogP contribution >= 0.6 is 0 Å². The highest BCUT2D eigenvalue weighted by Crippen LogP contribution is 2.21. The lowest BCUT2D eigenvalue weighted by Crippen LogP contribution is -2.50. The predicted octanol–water partition coefficient (Wildman–Crippen LogP) is 3.21. The standard InChI is InChI=1S/C21H27N3O4/c1-5-27-19(25)17(15-22)13-16-7-6-8-18(14-16)23-9-11-24(12-10-23)20(26)28-21(2,3)4/h6-8,13-14H,5,9-12H2,1-4H3/b17-13+. The Bertz CT molecular complexity index is 782. The summed E-state index contributed by atoms with van der Waals surface area (Å²) in [5.74, 6) is -0.624. The minimum atomic E-state index is -0.624. The van der Waals surface area contributed by atoms with Crippen LogP contribution in [0.5, 0.6) is 0 Å². The van der Waals surface area contributed by atoms with Crippen LogP contribution in [0, 0.1) is 11.3 Å². The predicted molar refractivity (Wildman–Crippen MR) is 107 cm³/mol. The van der Waals surface area contributed by atoms with E-state index in [-0.39, 0.29) is 18.3 Å². The van der Waals surface area contributed by atoms with Crippen molar-refractivity contribution < 1.29 is 19.1 Å². The summed E-state index contributed by atoms with van der Waals surface area (Å²) in [5.41, 5.74) is 1.18. The topological polar surface area (TPSA) is 82.9 Å². The Kier molecular flexibility index (Phi) is 7.05. The average Bonchev–Trinajstić information content (AvgIpc) is 2.65. The third-order valence-corrected chi connectivity index (χ3v) is 4.09. The molecule has 0 N–H and O–H groups in total. The fourth-order valence-corrected chi connectivity index (χ4v) is 2.80. The van der Waals surface area contributed by atoms with Crippen molar-refractivity contribution in [1.82, 2.24) is 4.90 Å². The number of rotatable bonds is 4. The summed E-state index contributed by atoms with van der Waals surface area (Å²) in [6.07, 6.45) is 1.23. The number of benzene rings is 1. The van der Waals surface area contributed by atoms with Crippen LogP contribution in [0.3, 0.4) is 0 Å². The smallest absolute Gasteiger partial charge is 0.410 e. The van der Waals surface area contributed by atoms with E-state index in [4.69, 9.17) is 9.47 Å². The van der Waals surface area contributed by atoms with E-state index in [2.05, 4.69) is 4.90 Å². The zero-order valence-corrected chi connectivity index (χ0v) is 16.9. The van der Waals surface area contributed by atoms with Gasteiger partial charge in [0.05, 0.1) is 6.61 Å². The highest BCUT2D eigenvalue weighted by molar-refractivity contribution is 5.98. The molecule has 0 radical (unpaired) electrons. The lowest BCUT2D eigenvalue weighted by atomic mass is 10.1. The van der Waals surface area contributed by atoms with Crippen LogP contribution in [0.4, 0.5) is 10.5 Å². The van der Waals surface area contributed by atoms with E-state index in [0.717, 1.165) is 11.3 Å². The SMILES string of the molecule is CCOC(=O)/C(C#N)=C/c1cccc(N2CCN(C(=O)OC(C)(C)C)CC2)c1. The second-order valence-corrected chi connectivity index (χ2v) is 7.44. The lowest BCUT2D eigenvalue weighted by molar-refractivity contribution is -0.137. The Morgan fingerprint density at radius 1 is 1.21 bits per heavy atom. The van der Waals surface area contributed by atoms with E-state index in [0.29, 0.717) is 26.2 Å². The van der Waals surface area contributed by atoms with Gasteiger partial charge in [0, 0.05) is 31.9 Å². The van der Waals surface area contributed by atoms with Crippen molar-refractivity contribution >= 4 is 23.8 Å². The van der Waals surface area contributed by atoms with E-state index in [1.54, 1.807) is 11.8 Å². The van der Waals surface area contributed by atoms with Crippen LogP contribution in [0.25, 0.3) is 6.08 Å². The number of hydrogen-bond acceptors (Lipinski definition) is 6. The van der Waals surface area contributed by atoms with Crippen LogP contribution in [-0.2, 0) is 14.3 Å². The number of esters is 1. The molecule has 1 saturated heterocycles. The monoisotopic (exact) mass is 385 g/mol. The molecule has 1 aromatic rings. The summed E-state index contributed by atoms with van der Waals surface area (Å²) in [5, 5.41) is 9.19. The molecule has 7 heteroatoms. The molecule has 1 heterocycles. The van der Waals surface area contributed by atoms with E-state index in [9.17, 15) is 14.9 Å². The van der Waals surface area contributed by atoms with Gasteiger partial charge >= 0.3 is 12.1 Å². The van der Waals surface area contributed by atoms with Crippen molar-refractivity contribution in [2.45, 2.75) is 33.3 Å². The van der Waals surface area contributed by atoms with Crippen molar-refractivity contribution in [3.8, 4) is 6.07 Å². The van der Waals surface area contributed by atoms with Crippen molar-refractivity contribution in [2.24, 2.45) is 0 Å². The minimum Gasteiger partial charge on any atom is -0.462 e. The van der Waals surface area contributed by atoms with Crippen LogP contribution in [0.1, 0.15) is 33.3 Å². The normalized spacial score (nSPS) is 15.0. The molecule has 0 atom stereocenters. The van der Waals surface area contributed by atoms with Gasteiger partial charge in [0.25, 0.3) is 0 Å². The number of ether oxygens (including phenoxy) is 2. The average molecular weight is 385 g/mol. The summed E-state index contributed by atoms with van der Waals surface area (Å²) in [7, 11) is 0.